The second-order valence-corrected chi connectivity index (χ2v) is 4.45. The fraction of sp³-hybridized carbons (Fsp3) is 0.385. The van der Waals surface area contributed by atoms with Crippen LogP contribution in [0.25, 0.3) is 0 Å². The van der Waals surface area contributed by atoms with Crippen LogP contribution in [-0.4, -0.2) is 24.0 Å². The van der Waals surface area contributed by atoms with Gasteiger partial charge in [0.25, 0.3) is 0 Å². The van der Waals surface area contributed by atoms with Gasteiger partial charge < -0.3 is 14.6 Å². The molecule has 1 atom stereocenters. The third-order valence-electron chi connectivity index (χ3n) is 3.39. The number of esters is 1. The number of benzene rings is 1. The zero-order chi connectivity index (χ0) is 13.7. The molecule has 0 fully saturated rings. The third kappa shape index (κ3) is 1.40. The predicted octanol–water partition coefficient (Wildman–Crippen LogP) is 1.68. The average Bonchev–Trinajstić information content (AvgIpc) is 2.57. The molecular formula is C13H14O5. The van der Waals surface area contributed by atoms with Gasteiger partial charge in [-0.15, -0.1) is 0 Å². The molecule has 0 bridgehead atoms. The Morgan fingerprint density at radius 3 is 2.61 bits per heavy atom. The number of rotatable bonds is 2. The van der Waals surface area contributed by atoms with Gasteiger partial charge in [0.1, 0.15) is 17.1 Å². The average molecular weight is 250 g/mol. The van der Waals surface area contributed by atoms with E-state index in [1.807, 2.05) is 0 Å². The second kappa shape index (κ2) is 3.73. The van der Waals surface area contributed by atoms with Gasteiger partial charge in [-0.3, -0.25) is 4.79 Å². The first-order chi connectivity index (χ1) is 8.32. The molecular weight excluding hydrogens is 236 g/mol. The number of cyclic esters (lactones) is 1. The summed E-state index contributed by atoms with van der Waals surface area (Å²) in [7, 11) is 1.46. The smallest absolute Gasteiger partial charge is 0.343 e. The molecule has 0 saturated carbocycles. The number of carbonyl (C=O) groups is 2. The summed E-state index contributed by atoms with van der Waals surface area (Å²) in [6, 6.07) is 1.35. The van der Waals surface area contributed by atoms with Gasteiger partial charge in [-0.05, 0) is 26.3 Å². The molecule has 18 heavy (non-hydrogen) atoms. The van der Waals surface area contributed by atoms with E-state index < -0.39 is 11.6 Å². The van der Waals surface area contributed by atoms with E-state index in [1.165, 1.54) is 27.0 Å². The molecule has 0 spiro atoms. The Hall–Kier alpha value is -2.04. The molecule has 0 radical (unpaired) electrons. The molecule has 0 aliphatic carbocycles. The lowest BCUT2D eigenvalue weighted by atomic mass is 9.86. The highest BCUT2D eigenvalue weighted by Crippen LogP contribution is 2.45. The first kappa shape index (κ1) is 12.4. The maximum absolute atomic E-state index is 11.8. The molecule has 1 aliphatic heterocycles. The molecule has 5 nitrogen and oxygen atoms in total. The molecule has 96 valence electrons. The number of Topliss-reactive ketones (excluding diaryl/α,β-unsaturated/α-hetero) is 1. The van der Waals surface area contributed by atoms with Gasteiger partial charge in [0.15, 0.2) is 11.4 Å². The van der Waals surface area contributed by atoms with E-state index in [-0.39, 0.29) is 17.1 Å². The van der Waals surface area contributed by atoms with Crippen LogP contribution in [-0.2, 0) is 15.1 Å². The van der Waals surface area contributed by atoms with Crippen LogP contribution in [0.5, 0.6) is 11.5 Å². The fourth-order valence-electron chi connectivity index (χ4n) is 2.29. The van der Waals surface area contributed by atoms with Gasteiger partial charge in [0.05, 0.1) is 7.11 Å². The highest BCUT2D eigenvalue weighted by Gasteiger charge is 2.48. The Balaban J connectivity index is 2.84. The van der Waals surface area contributed by atoms with Crippen molar-refractivity contribution >= 4 is 11.8 Å². The topological polar surface area (TPSA) is 72.8 Å². The van der Waals surface area contributed by atoms with Crippen LogP contribution in [0.3, 0.4) is 0 Å². The lowest BCUT2D eigenvalue weighted by molar-refractivity contribution is -0.133. The van der Waals surface area contributed by atoms with Crippen molar-refractivity contribution in [3.8, 4) is 11.5 Å². The van der Waals surface area contributed by atoms with Gasteiger partial charge >= 0.3 is 5.97 Å². The van der Waals surface area contributed by atoms with Crippen molar-refractivity contribution in [1.82, 2.24) is 0 Å². The van der Waals surface area contributed by atoms with E-state index in [4.69, 9.17) is 9.47 Å². The number of carbonyl (C=O) groups excluding carboxylic acids is 2. The summed E-state index contributed by atoms with van der Waals surface area (Å²) in [5.74, 6) is -0.809. The fourth-order valence-corrected chi connectivity index (χ4v) is 2.29. The minimum absolute atomic E-state index is 0.0472. The van der Waals surface area contributed by atoms with Crippen LogP contribution in [0.4, 0.5) is 0 Å². The van der Waals surface area contributed by atoms with Gasteiger partial charge in [-0.1, -0.05) is 0 Å². The number of ether oxygens (including phenoxy) is 2. The minimum atomic E-state index is -1.36. The Kier molecular flexibility index (Phi) is 2.57. The molecule has 0 amide bonds. The minimum Gasteiger partial charge on any atom is -0.507 e. The number of ketones is 1. The summed E-state index contributed by atoms with van der Waals surface area (Å²) in [4.78, 5) is 23.5. The molecule has 1 heterocycles. The maximum atomic E-state index is 11.8. The molecule has 1 aromatic rings. The van der Waals surface area contributed by atoms with E-state index in [0.717, 1.165) is 0 Å². The van der Waals surface area contributed by atoms with Crippen molar-refractivity contribution in [3.63, 3.8) is 0 Å². The largest absolute Gasteiger partial charge is 0.507 e. The lowest BCUT2D eigenvalue weighted by Crippen LogP contribution is -2.31. The number of hydrogen-bond donors (Lipinski definition) is 1. The van der Waals surface area contributed by atoms with Crippen LogP contribution < -0.4 is 4.74 Å². The third-order valence-corrected chi connectivity index (χ3v) is 3.39. The van der Waals surface area contributed by atoms with E-state index in [2.05, 4.69) is 0 Å². The first-order valence-corrected chi connectivity index (χ1v) is 5.48. The van der Waals surface area contributed by atoms with Crippen LogP contribution >= 0.6 is 0 Å². The quantitative estimate of drug-likeness (QED) is 0.808. The van der Waals surface area contributed by atoms with Crippen molar-refractivity contribution < 1.29 is 24.2 Å². The second-order valence-electron chi connectivity index (χ2n) is 4.45. The molecule has 1 N–H and O–H groups in total. The number of phenolic OH excluding ortho intramolecular Hbond substituents is 1. The predicted molar refractivity (Wildman–Crippen MR) is 62.8 cm³/mol. The lowest BCUT2D eigenvalue weighted by Gasteiger charge is -2.22. The number of methoxy groups -OCH3 is 1. The summed E-state index contributed by atoms with van der Waals surface area (Å²) in [5.41, 5.74) is -0.306. The zero-order valence-corrected chi connectivity index (χ0v) is 10.7. The van der Waals surface area contributed by atoms with Crippen molar-refractivity contribution in [2.45, 2.75) is 26.4 Å². The molecule has 5 heteroatoms. The highest BCUT2D eigenvalue weighted by molar-refractivity contribution is 6.04. The van der Waals surface area contributed by atoms with Crippen molar-refractivity contribution in [2.75, 3.05) is 7.11 Å². The van der Waals surface area contributed by atoms with Gasteiger partial charge in [0.2, 0.25) is 0 Å². The Labute approximate surface area is 104 Å². The van der Waals surface area contributed by atoms with E-state index in [9.17, 15) is 14.7 Å². The summed E-state index contributed by atoms with van der Waals surface area (Å²) in [5, 5.41) is 9.86. The maximum Gasteiger partial charge on any atom is 0.343 e. The molecule has 1 aliphatic rings. The Bertz CT molecular complexity index is 561. The van der Waals surface area contributed by atoms with E-state index in [0.29, 0.717) is 16.9 Å². The summed E-state index contributed by atoms with van der Waals surface area (Å²) >= 11 is 0. The van der Waals surface area contributed by atoms with Crippen LogP contribution in [0.1, 0.15) is 35.3 Å². The molecule has 0 unspecified atom stereocenters. The Morgan fingerprint density at radius 2 is 2.11 bits per heavy atom. The van der Waals surface area contributed by atoms with Gasteiger partial charge in [-0.25, -0.2) is 4.79 Å². The van der Waals surface area contributed by atoms with Crippen LogP contribution in [0, 0.1) is 6.92 Å². The van der Waals surface area contributed by atoms with E-state index in [1.54, 1.807) is 6.92 Å². The summed E-state index contributed by atoms with van der Waals surface area (Å²) in [6.45, 7) is 4.59. The summed E-state index contributed by atoms with van der Waals surface area (Å²) in [6.07, 6.45) is 0. The van der Waals surface area contributed by atoms with Gasteiger partial charge in [-0.2, -0.15) is 0 Å². The number of hydrogen-bond acceptors (Lipinski definition) is 5. The summed E-state index contributed by atoms with van der Waals surface area (Å²) < 4.78 is 10.3. The normalized spacial score (nSPS) is 21.4. The number of aromatic hydroxyl groups is 1. The zero-order valence-electron chi connectivity index (χ0n) is 10.7. The standard InChI is InChI=1S/C13H14O5/c1-6-9(17-4)5-8(15)10-11(6)13(3,7(2)14)18-12(10)16/h5,15H,1-4H3/t13-/m0/s1. The molecule has 0 aromatic heterocycles. The first-order valence-electron chi connectivity index (χ1n) is 5.48. The van der Waals surface area contributed by atoms with Gasteiger partial charge in [0, 0.05) is 11.6 Å². The van der Waals surface area contributed by atoms with Crippen molar-refractivity contribution in [1.29, 1.82) is 0 Å². The number of fused-ring (bicyclic) bond motifs is 1. The van der Waals surface area contributed by atoms with E-state index >= 15 is 0 Å². The number of phenols is 1. The van der Waals surface area contributed by atoms with Crippen LogP contribution in [0.15, 0.2) is 6.07 Å². The Morgan fingerprint density at radius 1 is 1.50 bits per heavy atom. The van der Waals surface area contributed by atoms with Crippen molar-refractivity contribution in [2.24, 2.45) is 0 Å². The van der Waals surface area contributed by atoms with Crippen LogP contribution in [0.2, 0.25) is 0 Å². The monoisotopic (exact) mass is 250 g/mol. The molecule has 1 aromatic carbocycles. The van der Waals surface area contributed by atoms with Crippen molar-refractivity contribution in [3.05, 3.63) is 22.8 Å². The molecule has 2 rings (SSSR count). The SMILES string of the molecule is COc1cc(O)c2c(c1C)[C@](C)(C(C)=O)OC2=O. The highest BCUT2D eigenvalue weighted by atomic mass is 16.6. The molecule has 0 saturated heterocycles.